The molecule has 0 N–H and O–H groups in total. The van der Waals surface area contributed by atoms with Crippen LogP contribution in [0, 0.1) is 0 Å². The molecule has 0 aliphatic heterocycles. The van der Waals surface area contributed by atoms with Crippen LogP contribution in [-0.4, -0.2) is 19.1 Å². The van der Waals surface area contributed by atoms with Gasteiger partial charge in [-0.1, -0.05) is 109 Å². The van der Waals surface area contributed by atoms with Gasteiger partial charge in [-0.2, -0.15) is 0 Å². The SMILES string of the molecule is O=c1c2cc3c(cc2c2ccccc2n1-c1ccccc1)c1cc2ccccc2cc1n3-c1nc(-c2ccccc2)c2ccccc2n1. The van der Waals surface area contributed by atoms with Gasteiger partial charge in [0.15, 0.2) is 0 Å². The lowest BCUT2D eigenvalue weighted by molar-refractivity contribution is 1.01. The van der Waals surface area contributed by atoms with Crippen LogP contribution in [0.1, 0.15) is 0 Å². The zero-order valence-electron chi connectivity index (χ0n) is 25.7. The molecule has 0 atom stereocenters. The maximum absolute atomic E-state index is 14.6. The first kappa shape index (κ1) is 26.6. The quantitative estimate of drug-likeness (QED) is 0.186. The normalized spacial score (nSPS) is 11.8. The Morgan fingerprint density at radius 3 is 1.85 bits per heavy atom. The summed E-state index contributed by atoms with van der Waals surface area (Å²) in [6.45, 7) is 0. The molecule has 3 aromatic heterocycles. The fraction of sp³-hybridized carbons (Fsp3) is 0. The second kappa shape index (κ2) is 10.2. The summed E-state index contributed by atoms with van der Waals surface area (Å²) in [5.41, 5.74) is 6.25. The van der Waals surface area contributed by atoms with E-state index < -0.39 is 0 Å². The standard InChI is InChI=1S/C43H26N4O/c48-42-36-26-40-35(25-33(36)31-19-10-12-22-38(31)46(42)30-17-5-2-6-18-30)34-23-28-15-7-8-16-29(28)24-39(34)47(40)43-44-37-21-11-9-20-32(37)41(45-43)27-13-3-1-4-14-27/h1-26H. The van der Waals surface area contributed by atoms with E-state index in [9.17, 15) is 4.79 Å². The molecule has 0 spiro atoms. The van der Waals surface area contributed by atoms with E-state index in [1.807, 2.05) is 95.6 Å². The molecule has 224 valence electrons. The molecule has 5 heteroatoms. The molecule has 48 heavy (non-hydrogen) atoms. The van der Waals surface area contributed by atoms with Crippen LogP contribution < -0.4 is 5.56 Å². The second-order valence-electron chi connectivity index (χ2n) is 12.2. The molecule has 7 aromatic carbocycles. The number of para-hydroxylation sites is 3. The van der Waals surface area contributed by atoms with Gasteiger partial charge in [-0.3, -0.25) is 13.9 Å². The molecule has 0 aliphatic rings. The van der Waals surface area contributed by atoms with E-state index in [-0.39, 0.29) is 5.56 Å². The highest BCUT2D eigenvalue weighted by molar-refractivity contribution is 6.19. The van der Waals surface area contributed by atoms with E-state index in [4.69, 9.17) is 9.97 Å². The minimum absolute atomic E-state index is 0.0665. The Labute approximate surface area is 274 Å². The van der Waals surface area contributed by atoms with Crippen molar-refractivity contribution in [2.75, 3.05) is 0 Å². The molecule has 0 bridgehead atoms. The van der Waals surface area contributed by atoms with Crippen molar-refractivity contribution in [2.45, 2.75) is 0 Å². The average Bonchev–Trinajstić information content (AvgIpc) is 3.45. The monoisotopic (exact) mass is 614 g/mol. The van der Waals surface area contributed by atoms with Gasteiger partial charge in [-0.15, -0.1) is 0 Å². The molecule has 0 aliphatic carbocycles. The Balaban J connectivity index is 1.39. The Morgan fingerprint density at radius 2 is 1.04 bits per heavy atom. The fourth-order valence-corrected chi connectivity index (χ4v) is 7.30. The molecular weight excluding hydrogens is 589 g/mol. The van der Waals surface area contributed by atoms with Crippen molar-refractivity contribution in [1.82, 2.24) is 19.1 Å². The number of hydrogen-bond acceptors (Lipinski definition) is 3. The number of benzene rings is 7. The highest BCUT2D eigenvalue weighted by Crippen LogP contribution is 2.38. The fourth-order valence-electron chi connectivity index (χ4n) is 7.30. The topological polar surface area (TPSA) is 52.7 Å². The highest BCUT2D eigenvalue weighted by atomic mass is 16.1. The molecule has 10 rings (SSSR count). The number of rotatable bonds is 3. The predicted molar refractivity (Wildman–Crippen MR) is 197 cm³/mol. The zero-order chi connectivity index (χ0) is 31.8. The second-order valence-corrected chi connectivity index (χ2v) is 12.2. The summed E-state index contributed by atoms with van der Waals surface area (Å²) in [5, 5.41) is 7.98. The molecule has 3 heterocycles. The van der Waals surface area contributed by atoms with Gasteiger partial charge in [0.2, 0.25) is 5.95 Å². The Hall–Kier alpha value is -6.59. The lowest BCUT2D eigenvalue weighted by Gasteiger charge is -2.14. The number of pyridine rings is 1. The largest absolute Gasteiger partial charge is 0.278 e. The summed E-state index contributed by atoms with van der Waals surface area (Å²) < 4.78 is 3.96. The molecule has 0 radical (unpaired) electrons. The van der Waals surface area contributed by atoms with Crippen LogP contribution in [0.4, 0.5) is 0 Å². The summed E-state index contributed by atoms with van der Waals surface area (Å²) in [4.78, 5) is 25.0. The molecule has 0 saturated carbocycles. The summed E-state index contributed by atoms with van der Waals surface area (Å²) in [5.74, 6) is 0.561. The highest BCUT2D eigenvalue weighted by Gasteiger charge is 2.21. The Kier molecular flexibility index (Phi) is 5.66. The molecule has 0 fully saturated rings. The van der Waals surface area contributed by atoms with Crippen LogP contribution in [0.5, 0.6) is 0 Å². The molecule has 0 unspecified atom stereocenters. The van der Waals surface area contributed by atoms with Crippen molar-refractivity contribution >= 4 is 65.2 Å². The van der Waals surface area contributed by atoms with Gasteiger partial charge in [0, 0.05) is 32.8 Å². The molecule has 0 saturated heterocycles. The minimum Gasteiger partial charge on any atom is -0.278 e. The summed E-state index contributed by atoms with van der Waals surface area (Å²) >= 11 is 0. The Morgan fingerprint density at radius 1 is 0.417 bits per heavy atom. The van der Waals surface area contributed by atoms with Gasteiger partial charge in [-0.05, 0) is 64.7 Å². The van der Waals surface area contributed by atoms with Crippen molar-refractivity contribution in [3.63, 3.8) is 0 Å². The van der Waals surface area contributed by atoms with Gasteiger partial charge in [0.25, 0.3) is 5.56 Å². The smallest absolute Gasteiger partial charge is 0.263 e. The van der Waals surface area contributed by atoms with Gasteiger partial charge in [0.1, 0.15) is 0 Å². The van der Waals surface area contributed by atoms with Gasteiger partial charge < -0.3 is 0 Å². The number of hydrogen-bond donors (Lipinski definition) is 0. The lowest BCUT2D eigenvalue weighted by Crippen LogP contribution is -2.19. The van der Waals surface area contributed by atoms with E-state index in [2.05, 4.69) is 71.3 Å². The van der Waals surface area contributed by atoms with E-state index >= 15 is 0 Å². The van der Waals surface area contributed by atoms with Crippen LogP contribution in [0.25, 0.3) is 88.0 Å². The molecular formula is C43H26N4O. The van der Waals surface area contributed by atoms with Gasteiger partial charge in [0.05, 0.1) is 33.1 Å². The van der Waals surface area contributed by atoms with Crippen molar-refractivity contribution < 1.29 is 0 Å². The van der Waals surface area contributed by atoms with Crippen LogP contribution in [0.2, 0.25) is 0 Å². The molecule has 5 nitrogen and oxygen atoms in total. The van der Waals surface area contributed by atoms with E-state index in [0.717, 1.165) is 76.7 Å². The van der Waals surface area contributed by atoms with Crippen LogP contribution in [0.3, 0.4) is 0 Å². The first-order valence-corrected chi connectivity index (χ1v) is 16.1. The van der Waals surface area contributed by atoms with Crippen LogP contribution in [-0.2, 0) is 0 Å². The first-order valence-electron chi connectivity index (χ1n) is 16.1. The van der Waals surface area contributed by atoms with Crippen molar-refractivity contribution in [2.24, 2.45) is 0 Å². The zero-order valence-corrected chi connectivity index (χ0v) is 25.7. The van der Waals surface area contributed by atoms with Crippen molar-refractivity contribution in [3.05, 3.63) is 168 Å². The maximum Gasteiger partial charge on any atom is 0.263 e. The maximum atomic E-state index is 14.6. The van der Waals surface area contributed by atoms with Crippen molar-refractivity contribution in [1.29, 1.82) is 0 Å². The predicted octanol–water partition coefficient (Wildman–Crippen LogP) is 10.0. The van der Waals surface area contributed by atoms with Gasteiger partial charge >= 0.3 is 0 Å². The van der Waals surface area contributed by atoms with Crippen LogP contribution in [0.15, 0.2) is 163 Å². The molecule has 0 amide bonds. The van der Waals surface area contributed by atoms with E-state index in [1.165, 1.54) is 0 Å². The van der Waals surface area contributed by atoms with E-state index in [1.54, 1.807) is 0 Å². The number of nitrogens with zero attached hydrogens (tertiary/aromatic N) is 4. The number of fused-ring (bicyclic) bond motifs is 8. The summed E-state index contributed by atoms with van der Waals surface area (Å²) in [6, 6.07) is 53.6. The van der Waals surface area contributed by atoms with Gasteiger partial charge in [-0.25, -0.2) is 9.97 Å². The van der Waals surface area contributed by atoms with Crippen molar-refractivity contribution in [3.8, 4) is 22.9 Å². The third-order valence-electron chi connectivity index (χ3n) is 9.49. The number of aromatic nitrogens is 4. The average molecular weight is 615 g/mol. The third kappa shape index (κ3) is 3.88. The third-order valence-corrected chi connectivity index (χ3v) is 9.49. The molecule has 10 aromatic rings. The summed E-state index contributed by atoms with van der Waals surface area (Å²) in [6.07, 6.45) is 0. The Bertz CT molecular complexity index is 2960. The summed E-state index contributed by atoms with van der Waals surface area (Å²) in [7, 11) is 0. The lowest BCUT2D eigenvalue weighted by atomic mass is 10.0. The van der Waals surface area contributed by atoms with Crippen LogP contribution >= 0.6 is 0 Å². The first-order chi connectivity index (χ1) is 23.7. The van der Waals surface area contributed by atoms with E-state index in [0.29, 0.717) is 11.3 Å². The minimum atomic E-state index is -0.0665.